The zero-order valence-corrected chi connectivity index (χ0v) is 25.9. The van der Waals surface area contributed by atoms with Crippen LogP contribution in [0.4, 0.5) is 0 Å². The number of amides is 1. The molecule has 0 bridgehead atoms. The van der Waals surface area contributed by atoms with Gasteiger partial charge in [0, 0.05) is 31.0 Å². The van der Waals surface area contributed by atoms with E-state index in [2.05, 4.69) is 18.0 Å². The number of hydrogen-bond donors (Lipinski definition) is 1. The van der Waals surface area contributed by atoms with E-state index in [9.17, 15) is 14.7 Å². The number of benzene rings is 3. The summed E-state index contributed by atoms with van der Waals surface area (Å²) in [7, 11) is 1.55. The number of aromatic nitrogens is 2. The Labute approximate surface area is 263 Å². The number of nitrogens with zero attached hydrogens (tertiary/aromatic N) is 3. The highest BCUT2D eigenvalue weighted by atomic mass is 16.5. The fourth-order valence-corrected chi connectivity index (χ4v) is 5.43. The van der Waals surface area contributed by atoms with E-state index in [4.69, 9.17) is 14.2 Å². The van der Waals surface area contributed by atoms with Gasteiger partial charge in [0.05, 0.1) is 31.7 Å². The number of aliphatic hydroxyl groups excluding tert-OH is 1. The van der Waals surface area contributed by atoms with Crippen LogP contribution in [0.3, 0.4) is 0 Å². The van der Waals surface area contributed by atoms with Gasteiger partial charge in [0.2, 0.25) is 0 Å². The van der Waals surface area contributed by atoms with Crippen LogP contribution in [0, 0.1) is 6.92 Å². The molecule has 0 radical (unpaired) electrons. The number of aryl methyl sites for hydroxylation is 2. The van der Waals surface area contributed by atoms with Gasteiger partial charge in [-0.2, -0.15) is 0 Å². The Morgan fingerprint density at radius 2 is 1.78 bits per heavy atom. The van der Waals surface area contributed by atoms with E-state index in [1.165, 1.54) is 4.90 Å². The van der Waals surface area contributed by atoms with Crippen molar-refractivity contribution in [3.05, 3.63) is 113 Å². The van der Waals surface area contributed by atoms with Gasteiger partial charge in [-0.15, -0.1) is 0 Å². The number of imidazole rings is 1. The number of carbonyl (C=O) groups is 2. The molecular weight excluding hydrogens is 570 g/mol. The molecule has 2 heterocycles. The third-order valence-corrected chi connectivity index (χ3v) is 7.79. The third kappa shape index (κ3) is 7.37. The number of methoxy groups -OCH3 is 1. The Bertz CT molecular complexity index is 1650. The molecule has 5 rings (SSSR count). The molecule has 0 spiro atoms. The molecule has 1 aliphatic heterocycles. The molecule has 1 amide bonds. The van der Waals surface area contributed by atoms with Crippen LogP contribution in [0.15, 0.2) is 91.0 Å². The molecule has 1 saturated heterocycles. The molecule has 234 valence electrons. The molecule has 1 N–H and O–H groups in total. The zero-order chi connectivity index (χ0) is 31.8. The second-order valence-electron chi connectivity index (χ2n) is 11.1. The largest absolute Gasteiger partial charge is 0.507 e. The average molecular weight is 610 g/mol. The summed E-state index contributed by atoms with van der Waals surface area (Å²) >= 11 is 0. The quantitative estimate of drug-likeness (QED) is 0.0757. The second-order valence-corrected chi connectivity index (χ2v) is 11.1. The minimum atomic E-state index is -0.816. The monoisotopic (exact) mass is 609 g/mol. The van der Waals surface area contributed by atoms with Crippen molar-refractivity contribution in [1.82, 2.24) is 14.5 Å². The summed E-state index contributed by atoms with van der Waals surface area (Å²) in [5, 5.41) is 11.6. The van der Waals surface area contributed by atoms with Crippen molar-refractivity contribution in [3.63, 3.8) is 0 Å². The smallest absolute Gasteiger partial charge is 0.295 e. The minimum absolute atomic E-state index is 0.0257. The fraction of sp³-hybridized carbons (Fsp3) is 0.306. The van der Waals surface area contributed by atoms with Crippen molar-refractivity contribution in [2.45, 2.75) is 52.3 Å². The zero-order valence-electron chi connectivity index (χ0n) is 25.9. The van der Waals surface area contributed by atoms with E-state index in [1.807, 2.05) is 42.0 Å². The van der Waals surface area contributed by atoms with Gasteiger partial charge in [0.25, 0.3) is 11.7 Å². The number of carbonyl (C=O) groups excluding carboxylic acids is 2. The maximum Gasteiger partial charge on any atom is 0.295 e. The van der Waals surface area contributed by atoms with Gasteiger partial charge < -0.3 is 28.8 Å². The number of Topliss-reactive ketones (excluding diaryl/α,β-unsaturated/α-hetero) is 1. The van der Waals surface area contributed by atoms with Crippen molar-refractivity contribution in [2.75, 3.05) is 20.3 Å². The van der Waals surface area contributed by atoms with Crippen molar-refractivity contribution in [2.24, 2.45) is 0 Å². The fourth-order valence-electron chi connectivity index (χ4n) is 5.43. The lowest BCUT2D eigenvalue weighted by atomic mass is 9.95. The van der Waals surface area contributed by atoms with E-state index in [0.29, 0.717) is 61.1 Å². The first-order valence-corrected chi connectivity index (χ1v) is 15.2. The van der Waals surface area contributed by atoms with Crippen LogP contribution in [-0.4, -0.2) is 51.5 Å². The summed E-state index contributed by atoms with van der Waals surface area (Å²) in [5.74, 6) is 0.0429. The molecule has 0 aliphatic carbocycles. The summed E-state index contributed by atoms with van der Waals surface area (Å²) in [4.78, 5) is 32.6. The highest BCUT2D eigenvalue weighted by Crippen LogP contribution is 2.42. The van der Waals surface area contributed by atoms with Crippen LogP contribution >= 0.6 is 0 Å². The molecule has 45 heavy (non-hydrogen) atoms. The molecule has 9 heteroatoms. The first kappa shape index (κ1) is 31.4. The molecule has 0 saturated carbocycles. The second kappa shape index (κ2) is 14.6. The molecule has 1 fully saturated rings. The van der Waals surface area contributed by atoms with Crippen LogP contribution in [0.25, 0.3) is 5.76 Å². The van der Waals surface area contributed by atoms with Crippen LogP contribution in [0.5, 0.6) is 17.2 Å². The number of likely N-dealkylation sites (tertiary alicyclic amines) is 1. The summed E-state index contributed by atoms with van der Waals surface area (Å²) in [6.45, 7) is 5.98. The Hall–Kier alpha value is -5.05. The molecule has 4 aromatic rings. The molecule has 1 aromatic heterocycles. The average Bonchev–Trinajstić information content (AvgIpc) is 3.66. The van der Waals surface area contributed by atoms with Gasteiger partial charge in [-0.25, -0.2) is 4.98 Å². The summed E-state index contributed by atoms with van der Waals surface area (Å²) < 4.78 is 19.4. The van der Waals surface area contributed by atoms with E-state index >= 15 is 0 Å². The lowest BCUT2D eigenvalue weighted by molar-refractivity contribution is -0.139. The molecule has 9 nitrogen and oxygen atoms in total. The van der Waals surface area contributed by atoms with Gasteiger partial charge >= 0.3 is 0 Å². The number of rotatable bonds is 14. The van der Waals surface area contributed by atoms with Gasteiger partial charge in [-0.05, 0) is 67.3 Å². The van der Waals surface area contributed by atoms with E-state index in [-0.39, 0.29) is 11.3 Å². The van der Waals surface area contributed by atoms with E-state index in [0.717, 1.165) is 24.0 Å². The predicted molar refractivity (Wildman–Crippen MR) is 171 cm³/mol. The maximum atomic E-state index is 13.6. The summed E-state index contributed by atoms with van der Waals surface area (Å²) in [6.07, 6.45) is 7.74. The first-order valence-electron chi connectivity index (χ1n) is 15.2. The number of ether oxygens (including phenoxy) is 3. The number of unbranched alkanes of at least 4 members (excludes halogenated alkanes) is 1. The van der Waals surface area contributed by atoms with E-state index in [1.54, 1.807) is 56.0 Å². The van der Waals surface area contributed by atoms with Crippen LogP contribution in [-0.2, 0) is 22.7 Å². The Kier molecular flexibility index (Phi) is 10.2. The lowest BCUT2D eigenvalue weighted by Gasteiger charge is -2.26. The number of aliphatic hydroxyl groups is 1. The Morgan fingerprint density at radius 3 is 2.49 bits per heavy atom. The van der Waals surface area contributed by atoms with Gasteiger partial charge in [-0.1, -0.05) is 49.2 Å². The molecule has 1 aliphatic rings. The first-order chi connectivity index (χ1) is 21.9. The van der Waals surface area contributed by atoms with Crippen LogP contribution in [0.1, 0.15) is 54.5 Å². The van der Waals surface area contributed by atoms with Gasteiger partial charge in [0.15, 0.2) is 11.5 Å². The van der Waals surface area contributed by atoms with Crippen LogP contribution < -0.4 is 14.2 Å². The standard InChI is InChI=1S/C36H39N3O6/c1-4-5-20-44-30-15-12-28(22-31(30)43-3)33-32(35(41)36(42)39(33)18-7-17-38-19-16-37-24-38)34(40)27-10-13-29(14-11-27)45-23-26-9-6-8-25(2)21-26/h6,8-16,19,21-22,24,33,40H,4-5,7,17-18,20,23H2,1-3H3/b34-32+. The van der Waals surface area contributed by atoms with Crippen LogP contribution in [0.2, 0.25) is 0 Å². The maximum absolute atomic E-state index is 13.6. The van der Waals surface area contributed by atoms with Crippen molar-refractivity contribution < 1.29 is 28.9 Å². The third-order valence-electron chi connectivity index (χ3n) is 7.79. The normalized spacial score (nSPS) is 15.8. The minimum Gasteiger partial charge on any atom is -0.507 e. The lowest BCUT2D eigenvalue weighted by Crippen LogP contribution is -2.31. The van der Waals surface area contributed by atoms with Gasteiger partial charge in [-0.3, -0.25) is 9.59 Å². The number of hydrogen-bond acceptors (Lipinski definition) is 7. The van der Waals surface area contributed by atoms with E-state index < -0.39 is 17.7 Å². The van der Waals surface area contributed by atoms with Crippen molar-refractivity contribution >= 4 is 17.4 Å². The SMILES string of the molecule is CCCCOc1ccc(C2/C(=C(\O)c3ccc(OCc4cccc(C)c4)cc3)C(=O)C(=O)N2CCCn2ccnc2)cc1OC. The Balaban J connectivity index is 1.45. The number of ketones is 1. The topological polar surface area (TPSA) is 103 Å². The predicted octanol–water partition coefficient (Wildman–Crippen LogP) is 6.47. The Morgan fingerprint density at radius 1 is 0.956 bits per heavy atom. The molecule has 1 unspecified atom stereocenters. The molecule has 1 atom stereocenters. The van der Waals surface area contributed by atoms with Crippen molar-refractivity contribution in [3.8, 4) is 17.2 Å². The van der Waals surface area contributed by atoms with Gasteiger partial charge in [0.1, 0.15) is 18.1 Å². The molecular formula is C36H39N3O6. The highest BCUT2D eigenvalue weighted by molar-refractivity contribution is 6.46. The van der Waals surface area contributed by atoms with Crippen molar-refractivity contribution in [1.29, 1.82) is 0 Å². The summed E-state index contributed by atoms with van der Waals surface area (Å²) in [5.41, 5.74) is 3.27. The summed E-state index contributed by atoms with van der Waals surface area (Å²) in [6, 6.07) is 19.5. The highest BCUT2D eigenvalue weighted by Gasteiger charge is 2.46. The molecule has 3 aromatic carbocycles.